The van der Waals surface area contributed by atoms with Gasteiger partial charge in [0, 0.05) is 11.1 Å². The molecule has 0 aromatic heterocycles. The summed E-state index contributed by atoms with van der Waals surface area (Å²) in [4.78, 5) is 25.1. The highest BCUT2D eigenvalue weighted by atomic mass is 16.6. The molecule has 0 aliphatic carbocycles. The van der Waals surface area contributed by atoms with E-state index in [4.69, 9.17) is 10.5 Å². The Kier molecular flexibility index (Phi) is 2.40. The van der Waals surface area contributed by atoms with Crippen LogP contribution < -0.4 is 10.6 Å². The van der Waals surface area contributed by atoms with Crippen molar-refractivity contribution in [3.05, 3.63) is 59.7 Å². The SMILES string of the molecule is NC(=O)C(=O)N1c2ccccc2C2OC2c2ccccc21. The second-order valence-electron chi connectivity index (χ2n) is 5.10. The molecule has 2 atom stereocenters. The summed E-state index contributed by atoms with van der Waals surface area (Å²) in [6.07, 6.45) is -0.152. The van der Waals surface area contributed by atoms with Gasteiger partial charge in [-0.15, -0.1) is 0 Å². The van der Waals surface area contributed by atoms with Gasteiger partial charge in [-0.05, 0) is 12.1 Å². The van der Waals surface area contributed by atoms with Crippen molar-refractivity contribution in [1.29, 1.82) is 0 Å². The van der Waals surface area contributed by atoms with Crippen LogP contribution in [0.15, 0.2) is 48.5 Å². The lowest BCUT2D eigenvalue weighted by atomic mass is 10.0. The number of fused-ring (bicyclic) bond motifs is 5. The molecule has 0 bridgehead atoms. The van der Waals surface area contributed by atoms with Crippen molar-refractivity contribution in [2.24, 2.45) is 5.73 Å². The zero-order valence-electron chi connectivity index (χ0n) is 11.0. The molecule has 0 radical (unpaired) electrons. The Morgan fingerprint density at radius 1 is 0.905 bits per heavy atom. The van der Waals surface area contributed by atoms with E-state index in [0.717, 1.165) is 11.1 Å². The molecule has 0 saturated carbocycles. The van der Waals surface area contributed by atoms with E-state index >= 15 is 0 Å². The minimum absolute atomic E-state index is 0.0759. The zero-order valence-corrected chi connectivity index (χ0v) is 11.0. The standard InChI is InChI=1S/C16H12N2O3/c17-15(19)16(20)18-11-7-3-1-5-9(11)13-14(21-13)10-6-2-4-8-12(10)18/h1-8,13-14H,(H2,17,19). The number of nitrogens with two attached hydrogens (primary N) is 1. The molecule has 1 fully saturated rings. The summed E-state index contributed by atoms with van der Waals surface area (Å²) in [6.45, 7) is 0. The third-order valence-corrected chi connectivity index (χ3v) is 3.87. The number of amides is 2. The van der Waals surface area contributed by atoms with Gasteiger partial charge in [0.2, 0.25) is 0 Å². The van der Waals surface area contributed by atoms with Gasteiger partial charge in [-0.1, -0.05) is 36.4 Å². The molecule has 2 aromatic carbocycles. The van der Waals surface area contributed by atoms with Crippen LogP contribution in [0.2, 0.25) is 0 Å². The summed E-state index contributed by atoms with van der Waals surface area (Å²) in [6, 6.07) is 14.9. The third-order valence-electron chi connectivity index (χ3n) is 3.87. The van der Waals surface area contributed by atoms with Gasteiger partial charge in [-0.3, -0.25) is 14.5 Å². The summed E-state index contributed by atoms with van der Waals surface area (Å²) in [5.74, 6) is -1.72. The van der Waals surface area contributed by atoms with Crippen LogP contribution in [0.3, 0.4) is 0 Å². The fourth-order valence-electron chi connectivity index (χ4n) is 2.91. The number of epoxide rings is 1. The molecular formula is C16H12N2O3. The number of hydrogen-bond donors (Lipinski definition) is 1. The minimum Gasteiger partial charge on any atom is -0.361 e. The van der Waals surface area contributed by atoms with Crippen LogP contribution in [0, 0.1) is 0 Å². The normalized spacial score (nSPS) is 21.6. The smallest absolute Gasteiger partial charge is 0.320 e. The fourth-order valence-corrected chi connectivity index (χ4v) is 2.91. The third kappa shape index (κ3) is 1.68. The topological polar surface area (TPSA) is 75.9 Å². The average Bonchev–Trinajstić information content (AvgIpc) is 3.28. The molecule has 4 rings (SSSR count). The second kappa shape index (κ2) is 4.17. The van der Waals surface area contributed by atoms with Crippen molar-refractivity contribution in [2.45, 2.75) is 12.2 Å². The van der Waals surface area contributed by atoms with Crippen LogP contribution in [0.5, 0.6) is 0 Å². The van der Waals surface area contributed by atoms with Crippen molar-refractivity contribution in [1.82, 2.24) is 0 Å². The molecule has 2 aliphatic rings. The average molecular weight is 280 g/mol. The molecule has 0 spiro atoms. The zero-order chi connectivity index (χ0) is 14.6. The van der Waals surface area contributed by atoms with E-state index in [2.05, 4.69) is 0 Å². The highest BCUT2D eigenvalue weighted by molar-refractivity contribution is 6.41. The number of benzene rings is 2. The quantitative estimate of drug-likeness (QED) is 0.592. The van der Waals surface area contributed by atoms with Crippen LogP contribution >= 0.6 is 0 Å². The molecular weight excluding hydrogens is 268 g/mol. The molecule has 2 aromatic rings. The van der Waals surface area contributed by atoms with E-state index in [-0.39, 0.29) is 12.2 Å². The Bertz CT molecular complexity index is 720. The Hall–Kier alpha value is -2.66. The van der Waals surface area contributed by atoms with E-state index in [1.807, 2.05) is 36.4 Å². The van der Waals surface area contributed by atoms with Gasteiger partial charge in [0.25, 0.3) is 0 Å². The van der Waals surface area contributed by atoms with Gasteiger partial charge in [0.05, 0.1) is 11.4 Å². The molecule has 5 heteroatoms. The van der Waals surface area contributed by atoms with Crippen LogP contribution in [-0.2, 0) is 14.3 Å². The monoisotopic (exact) mass is 280 g/mol. The number of rotatable bonds is 0. The van der Waals surface area contributed by atoms with Gasteiger partial charge in [0.15, 0.2) is 0 Å². The molecule has 21 heavy (non-hydrogen) atoms. The number of primary amides is 1. The van der Waals surface area contributed by atoms with E-state index < -0.39 is 11.8 Å². The van der Waals surface area contributed by atoms with Gasteiger partial charge in [-0.2, -0.15) is 0 Å². The van der Waals surface area contributed by atoms with Crippen LogP contribution in [0.4, 0.5) is 11.4 Å². The predicted octanol–water partition coefficient (Wildman–Crippen LogP) is 1.96. The molecule has 5 nitrogen and oxygen atoms in total. The van der Waals surface area contributed by atoms with Crippen molar-refractivity contribution in [3.63, 3.8) is 0 Å². The van der Waals surface area contributed by atoms with Crippen molar-refractivity contribution >= 4 is 23.2 Å². The molecule has 2 aliphatic heterocycles. The van der Waals surface area contributed by atoms with E-state index in [1.165, 1.54) is 4.90 Å². The number of para-hydroxylation sites is 2. The number of carbonyl (C=O) groups is 2. The molecule has 2 unspecified atom stereocenters. The Morgan fingerprint density at radius 3 is 1.86 bits per heavy atom. The van der Waals surface area contributed by atoms with Gasteiger partial charge >= 0.3 is 11.8 Å². The first-order valence-electron chi connectivity index (χ1n) is 6.65. The Balaban J connectivity index is 1.99. The summed E-state index contributed by atoms with van der Waals surface area (Å²) < 4.78 is 5.75. The van der Waals surface area contributed by atoms with Gasteiger partial charge in [0.1, 0.15) is 12.2 Å². The molecule has 2 amide bonds. The summed E-state index contributed by atoms with van der Waals surface area (Å²) in [5.41, 5.74) is 8.31. The Labute approximate surface area is 120 Å². The summed E-state index contributed by atoms with van der Waals surface area (Å²) >= 11 is 0. The van der Waals surface area contributed by atoms with E-state index in [0.29, 0.717) is 11.4 Å². The number of nitrogens with zero attached hydrogens (tertiary/aromatic N) is 1. The number of hydrogen-bond acceptors (Lipinski definition) is 3. The van der Waals surface area contributed by atoms with Crippen molar-refractivity contribution in [3.8, 4) is 0 Å². The van der Waals surface area contributed by atoms with Gasteiger partial charge < -0.3 is 10.5 Å². The summed E-state index contributed by atoms with van der Waals surface area (Å²) in [5, 5.41) is 0. The summed E-state index contributed by atoms with van der Waals surface area (Å²) in [7, 11) is 0. The first-order valence-corrected chi connectivity index (χ1v) is 6.65. The van der Waals surface area contributed by atoms with Crippen LogP contribution in [0.1, 0.15) is 23.3 Å². The highest BCUT2D eigenvalue weighted by Crippen LogP contribution is 2.58. The van der Waals surface area contributed by atoms with Crippen molar-refractivity contribution in [2.75, 3.05) is 4.90 Å². The highest BCUT2D eigenvalue weighted by Gasteiger charge is 2.48. The van der Waals surface area contributed by atoms with Crippen LogP contribution in [0.25, 0.3) is 0 Å². The molecule has 2 heterocycles. The largest absolute Gasteiger partial charge is 0.361 e. The van der Waals surface area contributed by atoms with Crippen molar-refractivity contribution < 1.29 is 14.3 Å². The van der Waals surface area contributed by atoms with Crippen LogP contribution in [-0.4, -0.2) is 11.8 Å². The number of carbonyl (C=O) groups excluding carboxylic acids is 2. The lowest BCUT2D eigenvalue weighted by Crippen LogP contribution is -2.38. The fraction of sp³-hybridized carbons (Fsp3) is 0.125. The lowest BCUT2D eigenvalue weighted by molar-refractivity contribution is -0.135. The molecule has 2 N–H and O–H groups in total. The maximum atomic E-state index is 12.3. The number of anilines is 2. The predicted molar refractivity (Wildman–Crippen MR) is 75.8 cm³/mol. The van der Waals surface area contributed by atoms with E-state index in [9.17, 15) is 9.59 Å². The molecule has 1 saturated heterocycles. The maximum absolute atomic E-state index is 12.3. The first-order chi connectivity index (χ1) is 10.2. The minimum atomic E-state index is -0.976. The first kappa shape index (κ1) is 12.1. The number of ether oxygens (including phenoxy) is 1. The van der Waals surface area contributed by atoms with Gasteiger partial charge in [-0.25, -0.2) is 0 Å². The second-order valence-corrected chi connectivity index (χ2v) is 5.10. The Morgan fingerprint density at radius 2 is 1.38 bits per heavy atom. The molecule has 104 valence electrons. The maximum Gasteiger partial charge on any atom is 0.320 e. The lowest BCUT2D eigenvalue weighted by Gasteiger charge is -2.24. The van der Waals surface area contributed by atoms with E-state index in [1.54, 1.807) is 12.1 Å².